The molecule has 1 atom stereocenters. The summed E-state index contributed by atoms with van der Waals surface area (Å²) in [5, 5.41) is 7.35. The first-order valence-corrected chi connectivity index (χ1v) is 8.78. The van der Waals surface area contributed by atoms with E-state index in [9.17, 15) is 0 Å². The van der Waals surface area contributed by atoms with Crippen LogP contribution in [-0.2, 0) is 0 Å². The van der Waals surface area contributed by atoms with Crippen LogP contribution < -0.4 is 10.6 Å². The summed E-state index contributed by atoms with van der Waals surface area (Å²) in [5.74, 6) is 0. The Hall–Kier alpha value is -2.65. The van der Waals surface area contributed by atoms with Crippen molar-refractivity contribution < 1.29 is 0 Å². The van der Waals surface area contributed by atoms with Crippen molar-refractivity contribution in [2.45, 2.75) is 19.9 Å². The first-order chi connectivity index (χ1) is 12.1. The number of aryl methyl sites for hydroxylation is 2. The first-order valence-electron chi connectivity index (χ1n) is 8.37. The van der Waals surface area contributed by atoms with E-state index < -0.39 is 0 Å². The van der Waals surface area contributed by atoms with Crippen molar-refractivity contribution in [3.05, 3.63) is 101 Å². The van der Waals surface area contributed by atoms with Gasteiger partial charge in [-0.15, -0.1) is 0 Å². The molecule has 2 nitrogen and oxygen atoms in total. The van der Waals surface area contributed by atoms with Gasteiger partial charge in [-0.2, -0.15) is 0 Å². The van der Waals surface area contributed by atoms with E-state index in [0.29, 0.717) is 5.11 Å². The van der Waals surface area contributed by atoms with Gasteiger partial charge in [0.1, 0.15) is 0 Å². The van der Waals surface area contributed by atoms with Gasteiger partial charge in [0.25, 0.3) is 0 Å². The van der Waals surface area contributed by atoms with Crippen molar-refractivity contribution in [1.29, 1.82) is 0 Å². The van der Waals surface area contributed by atoms with Gasteiger partial charge in [0.15, 0.2) is 5.11 Å². The Morgan fingerprint density at radius 3 is 2.12 bits per heavy atom. The normalized spacial score (nSPS) is 11.6. The van der Waals surface area contributed by atoms with Gasteiger partial charge < -0.3 is 10.6 Å². The van der Waals surface area contributed by atoms with Crippen LogP contribution in [0.1, 0.15) is 28.3 Å². The molecule has 3 aromatic carbocycles. The van der Waals surface area contributed by atoms with Crippen LogP contribution in [0.15, 0.2) is 78.9 Å². The molecule has 0 spiro atoms. The second-order valence-electron chi connectivity index (χ2n) is 6.22. The smallest absolute Gasteiger partial charge is 0.171 e. The maximum absolute atomic E-state index is 5.56. The third kappa shape index (κ3) is 4.68. The second-order valence-corrected chi connectivity index (χ2v) is 6.63. The average molecular weight is 346 g/mol. The summed E-state index contributed by atoms with van der Waals surface area (Å²) in [4.78, 5) is 0. The summed E-state index contributed by atoms with van der Waals surface area (Å²) in [7, 11) is 0. The molecule has 0 radical (unpaired) electrons. The summed E-state index contributed by atoms with van der Waals surface area (Å²) in [6.45, 7) is 4.17. The van der Waals surface area contributed by atoms with Gasteiger partial charge in [-0.25, -0.2) is 0 Å². The molecule has 2 N–H and O–H groups in total. The molecule has 3 aromatic rings. The lowest BCUT2D eigenvalue weighted by atomic mass is 9.98. The lowest BCUT2D eigenvalue weighted by Gasteiger charge is -2.22. The Bertz CT molecular complexity index is 841. The maximum Gasteiger partial charge on any atom is 0.171 e. The third-order valence-electron chi connectivity index (χ3n) is 4.09. The van der Waals surface area contributed by atoms with Crippen LogP contribution >= 0.6 is 12.2 Å². The lowest BCUT2D eigenvalue weighted by molar-refractivity contribution is 0.768. The Kier molecular flexibility index (Phi) is 5.46. The van der Waals surface area contributed by atoms with Gasteiger partial charge in [0.05, 0.1) is 6.04 Å². The highest BCUT2D eigenvalue weighted by atomic mass is 32.1. The topological polar surface area (TPSA) is 24.1 Å². The molecule has 126 valence electrons. The Labute approximate surface area is 154 Å². The van der Waals surface area contributed by atoms with E-state index in [1.54, 1.807) is 0 Å². The van der Waals surface area contributed by atoms with Crippen molar-refractivity contribution in [3.8, 4) is 0 Å². The fraction of sp³-hybridized carbons (Fsp3) is 0.136. The van der Waals surface area contributed by atoms with Gasteiger partial charge >= 0.3 is 0 Å². The number of anilines is 1. The van der Waals surface area contributed by atoms with Crippen LogP contribution in [0.3, 0.4) is 0 Å². The summed E-state index contributed by atoms with van der Waals surface area (Å²) in [6.07, 6.45) is 0. The number of thiocarbonyl (C=S) groups is 1. The highest BCUT2D eigenvalue weighted by Crippen LogP contribution is 2.22. The molecule has 3 rings (SSSR count). The molecule has 25 heavy (non-hydrogen) atoms. The molecule has 0 saturated heterocycles. The quantitative estimate of drug-likeness (QED) is 0.620. The monoisotopic (exact) mass is 346 g/mol. The third-order valence-corrected chi connectivity index (χ3v) is 4.31. The van der Waals surface area contributed by atoms with E-state index in [1.165, 1.54) is 22.3 Å². The highest BCUT2D eigenvalue weighted by molar-refractivity contribution is 7.80. The lowest BCUT2D eigenvalue weighted by Crippen LogP contribution is -2.33. The highest BCUT2D eigenvalue weighted by Gasteiger charge is 2.15. The Balaban J connectivity index is 1.82. The molecule has 0 aromatic heterocycles. The largest absolute Gasteiger partial charge is 0.352 e. The summed E-state index contributed by atoms with van der Waals surface area (Å²) >= 11 is 5.56. The molecule has 0 heterocycles. The first kappa shape index (κ1) is 17.2. The van der Waals surface area contributed by atoms with E-state index in [0.717, 1.165) is 5.69 Å². The van der Waals surface area contributed by atoms with Gasteiger partial charge in [-0.3, -0.25) is 0 Å². The van der Waals surface area contributed by atoms with Crippen molar-refractivity contribution in [3.63, 3.8) is 0 Å². The molecule has 0 aliphatic rings. The van der Waals surface area contributed by atoms with Crippen molar-refractivity contribution in [2.24, 2.45) is 0 Å². The summed E-state index contributed by atoms with van der Waals surface area (Å²) < 4.78 is 0. The van der Waals surface area contributed by atoms with Gasteiger partial charge in [0, 0.05) is 5.69 Å². The maximum atomic E-state index is 5.56. The average Bonchev–Trinajstić information content (AvgIpc) is 2.61. The van der Waals surface area contributed by atoms with E-state index in [2.05, 4.69) is 85.1 Å². The van der Waals surface area contributed by atoms with Crippen LogP contribution in [0.25, 0.3) is 0 Å². The van der Waals surface area contributed by atoms with Crippen molar-refractivity contribution in [2.75, 3.05) is 5.32 Å². The summed E-state index contributed by atoms with van der Waals surface area (Å²) in [6, 6.07) is 27.1. The standard InChI is InChI=1S/C22H22N2S/c1-16-11-13-19(14-12-16)21(18-8-4-3-5-9-18)24-22(25)23-20-10-6-7-17(2)15-20/h3-15,21H,1-2H3,(H2,23,24,25)/t21-/m0/s1. The number of hydrogen-bond acceptors (Lipinski definition) is 1. The van der Waals surface area contributed by atoms with Crippen molar-refractivity contribution in [1.82, 2.24) is 5.32 Å². The fourth-order valence-electron chi connectivity index (χ4n) is 2.78. The van der Waals surface area contributed by atoms with Crippen LogP contribution in [0.5, 0.6) is 0 Å². The Morgan fingerprint density at radius 2 is 1.44 bits per heavy atom. The molecule has 3 heteroatoms. The minimum absolute atomic E-state index is 0.00612. The van der Waals surface area contributed by atoms with Crippen LogP contribution in [0.2, 0.25) is 0 Å². The molecule has 0 aliphatic carbocycles. The van der Waals surface area contributed by atoms with Crippen LogP contribution in [0.4, 0.5) is 5.69 Å². The SMILES string of the molecule is Cc1ccc([C@@H](NC(=S)Nc2cccc(C)c2)c2ccccc2)cc1. The van der Waals surface area contributed by atoms with Gasteiger partial charge in [-0.05, 0) is 54.9 Å². The minimum atomic E-state index is 0.00612. The minimum Gasteiger partial charge on any atom is -0.352 e. The van der Waals surface area contributed by atoms with E-state index in [-0.39, 0.29) is 6.04 Å². The van der Waals surface area contributed by atoms with E-state index in [1.807, 2.05) is 18.2 Å². The molecular formula is C22H22N2S. The fourth-order valence-corrected chi connectivity index (χ4v) is 3.02. The molecule has 0 saturated carbocycles. The molecule has 0 aliphatic heterocycles. The predicted octanol–water partition coefficient (Wildman–Crippen LogP) is 5.38. The van der Waals surface area contributed by atoms with Gasteiger partial charge in [-0.1, -0.05) is 72.3 Å². The van der Waals surface area contributed by atoms with Crippen molar-refractivity contribution >= 4 is 23.0 Å². The molecule has 0 bridgehead atoms. The number of rotatable bonds is 4. The second kappa shape index (κ2) is 7.95. The number of benzene rings is 3. The molecule has 0 amide bonds. The van der Waals surface area contributed by atoms with E-state index >= 15 is 0 Å². The van der Waals surface area contributed by atoms with E-state index in [4.69, 9.17) is 12.2 Å². The Morgan fingerprint density at radius 1 is 0.760 bits per heavy atom. The zero-order valence-corrected chi connectivity index (χ0v) is 15.3. The zero-order chi connectivity index (χ0) is 17.6. The predicted molar refractivity (Wildman–Crippen MR) is 110 cm³/mol. The zero-order valence-electron chi connectivity index (χ0n) is 14.5. The molecule has 0 unspecified atom stereocenters. The van der Waals surface area contributed by atoms with Crippen LogP contribution in [0, 0.1) is 13.8 Å². The molecular weight excluding hydrogens is 324 g/mol. The summed E-state index contributed by atoms with van der Waals surface area (Å²) in [5.41, 5.74) is 5.81. The number of nitrogens with one attached hydrogen (secondary N) is 2. The number of hydrogen-bond donors (Lipinski definition) is 2. The van der Waals surface area contributed by atoms with Gasteiger partial charge in [0.2, 0.25) is 0 Å². The molecule has 0 fully saturated rings. The van der Waals surface area contributed by atoms with Crippen LogP contribution in [-0.4, -0.2) is 5.11 Å².